The number of carbonyl (C=O) groups excluding carboxylic acids is 1. The molecular weight excluding hydrogens is 364 g/mol. The summed E-state index contributed by atoms with van der Waals surface area (Å²) in [5, 5.41) is 10.9. The van der Waals surface area contributed by atoms with Crippen LogP contribution in [0, 0.1) is 5.92 Å². The van der Waals surface area contributed by atoms with E-state index >= 15 is 0 Å². The van der Waals surface area contributed by atoms with Crippen molar-refractivity contribution in [1.29, 1.82) is 0 Å². The van der Waals surface area contributed by atoms with E-state index in [1.807, 2.05) is 0 Å². The maximum atomic E-state index is 12.4. The number of hydrogen-bond acceptors (Lipinski definition) is 6. The molecule has 0 aromatic heterocycles. The fraction of sp³-hybridized carbons (Fsp3) is 0.950. The Kier molecular flexibility index (Phi) is 8.94. The fourth-order valence-electron chi connectivity index (χ4n) is 2.83. The lowest BCUT2D eigenvalue weighted by atomic mass is 9.92. The summed E-state index contributed by atoms with van der Waals surface area (Å²) in [6.07, 6.45) is 0.723. The van der Waals surface area contributed by atoms with Crippen molar-refractivity contribution in [3.63, 3.8) is 0 Å². The molecule has 0 saturated carbocycles. The molecule has 1 aliphatic rings. The van der Waals surface area contributed by atoms with Gasteiger partial charge in [0.15, 0.2) is 14.1 Å². The highest BCUT2D eigenvalue weighted by Crippen LogP contribution is 2.36. The lowest BCUT2D eigenvalue weighted by Crippen LogP contribution is -2.41. The van der Waals surface area contributed by atoms with Crippen molar-refractivity contribution in [3.05, 3.63) is 0 Å². The van der Waals surface area contributed by atoms with Gasteiger partial charge in [-0.2, -0.15) is 0 Å². The molecule has 2 unspecified atom stereocenters. The van der Waals surface area contributed by atoms with E-state index in [9.17, 15) is 9.90 Å². The van der Waals surface area contributed by atoms with Crippen molar-refractivity contribution in [2.45, 2.75) is 96.9 Å². The van der Waals surface area contributed by atoms with E-state index < -0.39 is 32.2 Å². The summed E-state index contributed by atoms with van der Waals surface area (Å²) in [7, 11) is -1.75. The topological polar surface area (TPSA) is 74.2 Å². The Labute approximate surface area is 166 Å². The van der Waals surface area contributed by atoms with Gasteiger partial charge in [-0.1, -0.05) is 27.2 Å². The number of rotatable bonds is 10. The average molecular weight is 405 g/mol. The predicted octanol–water partition coefficient (Wildman–Crippen LogP) is 3.87. The van der Waals surface area contributed by atoms with Crippen LogP contribution in [0.2, 0.25) is 18.1 Å². The molecule has 1 N–H and O–H groups in total. The average Bonchev–Trinajstić information content (AvgIpc) is 2.89. The standard InChI is InChI=1S/C20H40O6Si/c1-9-23-18(22)15(17(21)16-14-24-20(5,6)26-16)12-10-11-13-25-27(7,8)19(2,3)4/h15-17,21H,9-14H2,1-8H3/t15?,16-,17?/m1/s1. The monoisotopic (exact) mass is 404 g/mol. The quantitative estimate of drug-likeness (QED) is 0.338. The zero-order chi connectivity index (χ0) is 20.9. The number of unbranched alkanes of at least 4 members (excludes halogenated alkanes) is 1. The molecule has 1 aliphatic heterocycles. The molecule has 0 amide bonds. The summed E-state index contributed by atoms with van der Waals surface area (Å²) < 4.78 is 22.6. The molecule has 1 heterocycles. The van der Waals surface area contributed by atoms with E-state index in [0.29, 0.717) is 19.6 Å². The molecule has 1 rings (SSSR count). The molecule has 0 bridgehead atoms. The maximum Gasteiger partial charge on any atom is 0.311 e. The summed E-state index contributed by atoms with van der Waals surface area (Å²) in [5.41, 5.74) is 0. The predicted molar refractivity (Wildman–Crippen MR) is 108 cm³/mol. The van der Waals surface area contributed by atoms with Crippen LogP contribution >= 0.6 is 0 Å². The Morgan fingerprint density at radius 2 is 1.93 bits per heavy atom. The van der Waals surface area contributed by atoms with Crippen molar-refractivity contribution in [2.75, 3.05) is 19.8 Å². The zero-order valence-electron chi connectivity index (χ0n) is 18.5. The molecule has 3 atom stereocenters. The molecular formula is C20H40O6Si. The number of carbonyl (C=O) groups is 1. The molecule has 0 aromatic carbocycles. The molecule has 1 fully saturated rings. The van der Waals surface area contributed by atoms with Gasteiger partial charge >= 0.3 is 5.97 Å². The molecule has 7 heteroatoms. The van der Waals surface area contributed by atoms with E-state index in [1.165, 1.54) is 0 Å². The molecule has 1 saturated heterocycles. The second kappa shape index (κ2) is 9.83. The summed E-state index contributed by atoms with van der Waals surface area (Å²) in [6, 6.07) is 0. The second-order valence-electron chi connectivity index (χ2n) is 9.32. The van der Waals surface area contributed by atoms with E-state index in [2.05, 4.69) is 33.9 Å². The van der Waals surface area contributed by atoms with Gasteiger partial charge in [-0.25, -0.2) is 0 Å². The van der Waals surface area contributed by atoms with Gasteiger partial charge in [0.1, 0.15) is 6.10 Å². The SMILES string of the molecule is CCOC(=O)C(CCCCO[Si](C)(C)C(C)(C)C)C(O)[C@H]1COC(C)(C)O1. The minimum atomic E-state index is -1.75. The summed E-state index contributed by atoms with van der Waals surface area (Å²) >= 11 is 0. The van der Waals surface area contributed by atoms with E-state index in [-0.39, 0.29) is 17.6 Å². The molecule has 0 aromatic rings. The maximum absolute atomic E-state index is 12.4. The minimum Gasteiger partial charge on any atom is -0.466 e. The number of aliphatic hydroxyl groups excluding tert-OH is 1. The van der Waals surface area contributed by atoms with Gasteiger partial charge in [-0.15, -0.1) is 0 Å². The first-order chi connectivity index (χ1) is 12.3. The lowest BCUT2D eigenvalue weighted by Gasteiger charge is -2.36. The van der Waals surface area contributed by atoms with Crippen LogP contribution in [0.15, 0.2) is 0 Å². The van der Waals surface area contributed by atoms with Gasteiger partial charge in [-0.05, 0) is 51.7 Å². The van der Waals surface area contributed by atoms with Crippen molar-refractivity contribution >= 4 is 14.3 Å². The minimum absolute atomic E-state index is 0.184. The molecule has 27 heavy (non-hydrogen) atoms. The summed E-state index contributed by atoms with van der Waals surface area (Å²) in [5.74, 6) is -1.72. The van der Waals surface area contributed by atoms with E-state index in [4.69, 9.17) is 18.6 Å². The second-order valence-corrected chi connectivity index (χ2v) is 14.1. The Bertz CT molecular complexity index is 472. The van der Waals surface area contributed by atoms with Crippen LogP contribution < -0.4 is 0 Å². The lowest BCUT2D eigenvalue weighted by molar-refractivity contribution is -0.169. The Morgan fingerprint density at radius 3 is 2.41 bits per heavy atom. The zero-order valence-corrected chi connectivity index (χ0v) is 19.5. The Hall–Kier alpha value is -0.473. The third-order valence-corrected chi connectivity index (χ3v) is 10.1. The Morgan fingerprint density at radius 1 is 1.30 bits per heavy atom. The van der Waals surface area contributed by atoms with Gasteiger partial charge < -0.3 is 23.7 Å². The van der Waals surface area contributed by atoms with E-state index in [1.54, 1.807) is 20.8 Å². The first kappa shape index (κ1) is 24.6. The molecule has 0 radical (unpaired) electrons. The van der Waals surface area contributed by atoms with Crippen molar-refractivity contribution in [2.24, 2.45) is 5.92 Å². The molecule has 0 aliphatic carbocycles. The van der Waals surface area contributed by atoms with Crippen LogP contribution in [0.5, 0.6) is 0 Å². The first-order valence-corrected chi connectivity index (χ1v) is 13.0. The number of aliphatic hydroxyl groups is 1. The van der Waals surface area contributed by atoms with Crippen molar-refractivity contribution < 1.29 is 28.5 Å². The molecule has 0 spiro atoms. The summed E-state index contributed by atoms with van der Waals surface area (Å²) in [4.78, 5) is 12.4. The van der Waals surface area contributed by atoms with E-state index in [0.717, 1.165) is 12.8 Å². The van der Waals surface area contributed by atoms with Gasteiger partial charge in [-0.3, -0.25) is 4.79 Å². The largest absolute Gasteiger partial charge is 0.466 e. The number of ether oxygens (including phenoxy) is 3. The van der Waals surface area contributed by atoms with Crippen molar-refractivity contribution in [1.82, 2.24) is 0 Å². The van der Waals surface area contributed by atoms with Gasteiger partial charge in [0, 0.05) is 6.61 Å². The first-order valence-electron chi connectivity index (χ1n) is 10.1. The van der Waals surface area contributed by atoms with Crippen LogP contribution in [-0.4, -0.2) is 57.2 Å². The fourth-order valence-corrected chi connectivity index (χ4v) is 3.92. The van der Waals surface area contributed by atoms with Gasteiger partial charge in [0.2, 0.25) is 0 Å². The highest BCUT2D eigenvalue weighted by Gasteiger charge is 2.42. The highest BCUT2D eigenvalue weighted by atomic mass is 28.4. The van der Waals surface area contributed by atoms with Crippen LogP contribution in [-0.2, 0) is 23.4 Å². The third-order valence-electron chi connectivity index (χ3n) is 5.59. The van der Waals surface area contributed by atoms with Crippen LogP contribution in [0.4, 0.5) is 0 Å². The smallest absolute Gasteiger partial charge is 0.311 e. The summed E-state index contributed by atoms with van der Waals surface area (Å²) in [6.45, 7) is 17.8. The highest BCUT2D eigenvalue weighted by molar-refractivity contribution is 6.74. The third kappa shape index (κ3) is 7.46. The van der Waals surface area contributed by atoms with Crippen LogP contribution in [0.25, 0.3) is 0 Å². The number of esters is 1. The molecule has 6 nitrogen and oxygen atoms in total. The van der Waals surface area contributed by atoms with Crippen LogP contribution in [0.1, 0.15) is 60.8 Å². The normalized spacial score (nSPS) is 22.5. The molecule has 160 valence electrons. The van der Waals surface area contributed by atoms with Gasteiger partial charge in [0.25, 0.3) is 0 Å². The Balaban J connectivity index is 2.55. The number of hydrogen-bond donors (Lipinski definition) is 1. The van der Waals surface area contributed by atoms with Crippen LogP contribution in [0.3, 0.4) is 0 Å². The van der Waals surface area contributed by atoms with Gasteiger partial charge in [0.05, 0.1) is 25.2 Å². The van der Waals surface area contributed by atoms with Crippen molar-refractivity contribution in [3.8, 4) is 0 Å².